The standard InChI is InChI=1S/C13H12ClF3N2O4S/c14-9-2-1-7(13(15,16)17)5-10(9)19-12(21)11(20)18-8-3-4-24(22,23)6-8/h1-2,5,8H,3-4,6H2,(H,18,20)(H,19,21). The summed E-state index contributed by atoms with van der Waals surface area (Å²) < 4.78 is 60.5. The highest BCUT2D eigenvalue weighted by Crippen LogP contribution is 2.33. The summed E-state index contributed by atoms with van der Waals surface area (Å²) in [4.78, 5) is 23.5. The molecule has 2 N–H and O–H groups in total. The Kier molecular flexibility index (Phi) is 5.09. The summed E-state index contributed by atoms with van der Waals surface area (Å²) in [5.41, 5.74) is -1.41. The second kappa shape index (κ2) is 6.60. The van der Waals surface area contributed by atoms with E-state index >= 15 is 0 Å². The van der Waals surface area contributed by atoms with Crippen molar-refractivity contribution in [3.8, 4) is 0 Å². The maximum absolute atomic E-state index is 12.6. The van der Waals surface area contributed by atoms with Gasteiger partial charge in [-0.15, -0.1) is 0 Å². The van der Waals surface area contributed by atoms with Crippen molar-refractivity contribution in [1.29, 1.82) is 0 Å². The van der Waals surface area contributed by atoms with Gasteiger partial charge < -0.3 is 10.6 Å². The molecule has 0 aliphatic carbocycles. The molecule has 0 spiro atoms. The monoisotopic (exact) mass is 384 g/mol. The Bertz CT molecular complexity index is 780. The minimum atomic E-state index is -4.63. The quantitative estimate of drug-likeness (QED) is 0.757. The Hall–Kier alpha value is -1.81. The molecule has 0 saturated carbocycles. The molecule has 2 amide bonds. The van der Waals surface area contributed by atoms with E-state index in [1.807, 2.05) is 5.32 Å². The van der Waals surface area contributed by atoms with Gasteiger partial charge >= 0.3 is 18.0 Å². The van der Waals surface area contributed by atoms with Gasteiger partial charge in [-0.3, -0.25) is 9.59 Å². The van der Waals surface area contributed by atoms with Gasteiger partial charge in [0, 0.05) is 6.04 Å². The maximum Gasteiger partial charge on any atom is 0.416 e. The second-order valence-electron chi connectivity index (χ2n) is 5.22. The molecule has 1 fully saturated rings. The van der Waals surface area contributed by atoms with E-state index in [1.54, 1.807) is 0 Å². The molecule has 1 unspecified atom stereocenters. The van der Waals surface area contributed by atoms with Gasteiger partial charge in [-0.05, 0) is 24.6 Å². The first-order valence-electron chi connectivity index (χ1n) is 6.67. The van der Waals surface area contributed by atoms with Crippen molar-refractivity contribution in [3.63, 3.8) is 0 Å². The number of hydrogen-bond donors (Lipinski definition) is 2. The summed E-state index contributed by atoms with van der Waals surface area (Å²) in [7, 11) is -3.25. The Balaban J connectivity index is 2.05. The first kappa shape index (κ1) is 18.5. The van der Waals surface area contributed by atoms with Crippen LogP contribution in [0, 0.1) is 0 Å². The predicted molar refractivity (Wildman–Crippen MR) is 80.3 cm³/mol. The second-order valence-corrected chi connectivity index (χ2v) is 7.86. The topological polar surface area (TPSA) is 92.3 Å². The number of rotatable bonds is 2. The lowest BCUT2D eigenvalue weighted by Gasteiger charge is -2.13. The molecule has 1 aliphatic heterocycles. The van der Waals surface area contributed by atoms with E-state index in [4.69, 9.17) is 11.6 Å². The molecule has 0 radical (unpaired) electrons. The largest absolute Gasteiger partial charge is 0.416 e. The number of halogens is 4. The van der Waals surface area contributed by atoms with Crippen LogP contribution in [-0.4, -0.2) is 37.8 Å². The van der Waals surface area contributed by atoms with Crippen molar-refractivity contribution in [2.75, 3.05) is 16.8 Å². The highest BCUT2D eigenvalue weighted by atomic mass is 35.5. The van der Waals surface area contributed by atoms with Crippen LogP contribution < -0.4 is 10.6 Å². The normalized spacial score (nSPS) is 19.8. The highest BCUT2D eigenvalue weighted by molar-refractivity contribution is 7.91. The molecule has 6 nitrogen and oxygen atoms in total. The number of hydrogen-bond acceptors (Lipinski definition) is 4. The fourth-order valence-corrected chi connectivity index (χ4v) is 3.97. The minimum Gasteiger partial charge on any atom is -0.344 e. The number of anilines is 1. The van der Waals surface area contributed by atoms with Crippen molar-refractivity contribution < 1.29 is 31.2 Å². The molecule has 0 aromatic heterocycles. The van der Waals surface area contributed by atoms with Gasteiger partial charge in [-0.1, -0.05) is 11.6 Å². The number of benzene rings is 1. The molecular weight excluding hydrogens is 373 g/mol. The molecule has 1 aromatic rings. The number of amides is 2. The molecule has 1 aromatic carbocycles. The van der Waals surface area contributed by atoms with Gasteiger partial charge in [0.05, 0.1) is 27.8 Å². The van der Waals surface area contributed by atoms with E-state index in [9.17, 15) is 31.2 Å². The van der Waals surface area contributed by atoms with Crippen molar-refractivity contribution in [3.05, 3.63) is 28.8 Å². The maximum atomic E-state index is 12.6. The average Bonchev–Trinajstić information content (AvgIpc) is 2.78. The molecule has 11 heteroatoms. The van der Waals surface area contributed by atoms with Crippen LogP contribution in [0.2, 0.25) is 5.02 Å². The van der Waals surface area contributed by atoms with Crippen LogP contribution in [0.25, 0.3) is 0 Å². The number of carbonyl (C=O) groups excluding carboxylic acids is 2. The summed E-state index contributed by atoms with van der Waals surface area (Å²) in [5.74, 6) is -2.76. The van der Waals surface area contributed by atoms with Crippen LogP contribution in [0.4, 0.5) is 18.9 Å². The molecule has 132 valence electrons. The van der Waals surface area contributed by atoms with E-state index < -0.39 is 39.4 Å². The Morgan fingerprint density at radius 2 is 1.88 bits per heavy atom. The lowest BCUT2D eigenvalue weighted by Crippen LogP contribution is -2.42. The van der Waals surface area contributed by atoms with Gasteiger partial charge in [0.1, 0.15) is 0 Å². The van der Waals surface area contributed by atoms with Gasteiger partial charge in [-0.25, -0.2) is 8.42 Å². The van der Waals surface area contributed by atoms with E-state index in [-0.39, 0.29) is 28.6 Å². The number of nitrogens with one attached hydrogen (secondary N) is 2. The van der Waals surface area contributed by atoms with Gasteiger partial charge in [0.15, 0.2) is 9.84 Å². The molecule has 1 saturated heterocycles. The zero-order valence-corrected chi connectivity index (χ0v) is 13.6. The molecular formula is C13H12ClF3N2O4S. The predicted octanol–water partition coefficient (Wildman–Crippen LogP) is 1.60. The van der Waals surface area contributed by atoms with Crippen LogP contribution in [0.1, 0.15) is 12.0 Å². The smallest absolute Gasteiger partial charge is 0.344 e. The van der Waals surface area contributed by atoms with Crippen molar-refractivity contribution in [2.24, 2.45) is 0 Å². The fraction of sp³-hybridized carbons (Fsp3) is 0.385. The van der Waals surface area contributed by atoms with Crippen LogP contribution in [0.3, 0.4) is 0 Å². The van der Waals surface area contributed by atoms with Crippen LogP contribution in [0.5, 0.6) is 0 Å². The third-order valence-corrected chi connectivity index (χ3v) is 5.41. The van der Waals surface area contributed by atoms with Crippen molar-refractivity contribution in [2.45, 2.75) is 18.6 Å². The van der Waals surface area contributed by atoms with Crippen LogP contribution >= 0.6 is 11.6 Å². The average molecular weight is 385 g/mol. The van der Waals surface area contributed by atoms with E-state index in [1.165, 1.54) is 0 Å². The van der Waals surface area contributed by atoms with Crippen LogP contribution in [0.15, 0.2) is 18.2 Å². The first-order chi connectivity index (χ1) is 11.0. The summed E-state index contributed by atoms with van der Waals surface area (Å²) in [5, 5.41) is 4.03. The van der Waals surface area contributed by atoms with Gasteiger partial charge in [0.25, 0.3) is 0 Å². The molecule has 2 rings (SSSR count). The van der Waals surface area contributed by atoms with E-state index in [2.05, 4.69) is 5.32 Å². The summed E-state index contributed by atoms with van der Waals surface area (Å²) >= 11 is 5.71. The fourth-order valence-electron chi connectivity index (χ4n) is 2.14. The van der Waals surface area contributed by atoms with Gasteiger partial charge in [0.2, 0.25) is 0 Å². The Morgan fingerprint density at radius 3 is 2.42 bits per heavy atom. The minimum absolute atomic E-state index is 0.0982. The van der Waals surface area contributed by atoms with Crippen molar-refractivity contribution in [1.82, 2.24) is 5.32 Å². The SMILES string of the molecule is O=C(Nc1cc(C(F)(F)F)ccc1Cl)C(=O)NC1CCS(=O)(=O)C1. The molecule has 1 aliphatic rings. The first-order valence-corrected chi connectivity index (χ1v) is 8.87. The summed E-state index contributed by atoms with van der Waals surface area (Å²) in [6, 6.07) is 1.58. The highest BCUT2D eigenvalue weighted by Gasteiger charge is 2.32. The lowest BCUT2D eigenvalue weighted by molar-refractivity contribution is -0.137. The van der Waals surface area contributed by atoms with Crippen LogP contribution in [-0.2, 0) is 25.6 Å². The molecule has 0 bridgehead atoms. The Labute approximate surface area is 140 Å². The number of alkyl halides is 3. The third kappa shape index (κ3) is 4.60. The zero-order valence-electron chi connectivity index (χ0n) is 12.0. The Morgan fingerprint density at radius 1 is 1.21 bits per heavy atom. The zero-order chi connectivity index (χ0) is 18.1. The summed E-state index contributed by atoms with van der Waals surface area (Å²) in [6.45, 7) is 0. The molecule has 1 atom stereocenters. The number of carbonyl (C=O) groups is 2. The molecule has 24 heavy (non-hydrogen) atoms. The van der Waals surface area contributed by atoms with Crippen molar-refractivity contribution >= 4 is 38.9 Å². The third-order valence-electron chi connectivity index (χ3n) is 3.32. The summed E-state index contributed by atoms with van der Waals surface area (Å²) in [6.07, 6.45) is -4.46. The number of sulfone groups is 1. The van der Waals surface area contributed by atoms with Gasteiger partial charge in [-0.2, -0.15) is 13.2 Å². The van der Waals surface area contributed by atoms with E-state index in [0.29, 0.717) is 6.07 Å². The lowest BCUT2D eigenvalue weighted by atomic mass is 10.2. The van der Waals surface area contributed by atoms with E-state index in [0.717, 1.165) is 12.1 Å². The molecule has 1 heterocycles.